The van der Waals surface area contributed by atoms with Gasteiger partial charge in [0.2, 0.25) is 0 Å². The zero-order valence-electron chi connectivity index (χ0n) is 10.4. The van der Waals surface area contributed by atoms with Gasteiger partial charge in [-0.3, -0.25) is 0 Å². The van der Waals surface area contributed by atoms with E-state index in [4.69, 9.17) is 0 Å². The highest BCUT2D eigenvalue weighted by Crippen LogP contribution is 2.24. The van der Waals surface area contributed by atoms with Crippen molar-refractivity contribution < 1.29 is 15.0 Å². The highest BCUT2D eigenvalue weighted by molar-refractivity contribution is 9.10. The number of phenols is 2. The minimum Gasteiger partial charge on any atom is -0.504 e. The lowest BCUT2D eigenvalue weighted by atomic mass is 10.2. The lowest BCUT2D eigenvalue weighted by Gasteiger charge is -2.08. The maximum Gasteiger partial charge on any atom is 0.319 e. The first-order valence-corrected chi connectivity index (χ1v) is 6.65. The maximum atomic E-state index is 11.7. The van der Waals surface area contributed by atoms with Crippen molar-refractivity contribution in [3.63, 3.8) is 0 Å². The number of rotatable bonds is 3. The fourth-order valence-electron chi connectivity index (χ4n) is 1.57. The zero-order valence-corrected chi connectivity index (χ0v) is 12.0. The molecule has 6 heteroatoms. The summed E-state index contributed by atoms with van der Waals surface area (Å²) in [5.74, 6) is -0.398. The topological polar surface area (TPSA) is 81.6 Å². The first-order valence-electron chi connectivity index (χ1n) is 5.86. The second-order valence-corrected chi connectivity index (χ2v) is 5.05. The van der Waals surface area contributed by atoms with E-state index in [0.717, 1.165) is 4.47 Å². The van der Waals surface area contributed by atoms with Gasteiger partial charge in [0.05, 0.1) is 0 Å². The van der Waals surface area contributed by atoms with Crippen LogP contribution in [-0.2, 0) is 6.54 Å². The van der Waals surface area contributed by atoms with E-state index in [-0.39, 0.29) is 24.1 Å². The number of hydrogen-bond donors (Lipinski definition) is 4. The van der Waals surface area contributed by atoms with Gasteiger partial charge in [-0.2, -0.15) is 0 Å². The molecular formula is C14H13BrN2O3. The minimum absolute atomic E-state index is 0.187. The summed E-state index contributed by atoms with van der Waals surface area (Å²) in [6, 6.07) is 11.2. The Morgan fingerprint density at radius 3 is 2.40 bits per heavy atom. The zero-order chi connectivity index (χ0) is 14.5. The molecule has 2 amide bonds. The molecule has 0 aliphatic rings. The van der Waals surface area contributed by atoms with E-state index >= 15 is 0 Å². The van der Waals surface area contributed by atoms with Crippen molar-refractivity contribution in [1.82, 2.24) is 5.32 Å². The lowest BCUT2D eigenvalue weighted by Crippen LogP contribution is -2.28. The maximum absolute atomic E-state index is 11.7. The third kappa shape index (κ3) is 3.89. The first-order chi connectivity index (χ1) is 9.54. The molecule has 5 nitrogen and oxygen atoms in total. The minimum atomic E-state index is -0.347. The highest BCUT2D eigenvalue weighted by Gasteiger charge is 2.04. The molecule has 0 aromatic heterocycles. The second-order valence-electron chi connectivity index (χ2n) is 4.14. The Bertz CT molecular complexity index is 614. The van der Waals surface area contributed by atoms with E-state index in [1.165, 1.54) is 12.1 Å². The highest BCUT2D eigenvalue weighted by atomic mass is 79.9. The molecule has 104 valence electrons. The number of phenolic OH excluding ortho intramolecular Hbond substituents is 2. The number of halogens is 1. The van der Waals surface area contributed by atoms with Gasteiger partial charge in [0.25, 0.3) is 0 Å². The Kier molecular flexibility index (Phi) is 4.47. The SMILES string of the molecule is O=C(NCc1ccc(O)c(O)c1)Nc1ccc(Br)cc1. The molecule has 0 aliphatic carbocycles. The summed E-state index contributed by atoms with van der Waals surface area (Å²) in [6.07, 6.45) is 0. The molecule has 0 unspecified atom stereocenters. The van der Waals surface area contributed by atoms with Crippen molar-refractivity contribution in [2.45, 2.75) is 6.54 Å². The first kappa shape index (κ1) is 14.2. The van der Waals surface area contributed by atoms with Gasteiger partial charge in [-0.1, -0.05) is 22.0 Å². The third-order valence-electron chi connectivity index (χ3n) is 2.59. The van der Waals surface area contributed by atoms with Crippen LogP contribution in [0.15, 0.2) is 46.9 Å². The van der Waals surface area contributed by atoms with Crippen molar-refractivity contribution in [3.05, 3.63) is 52.5 Å². The molecular weight excluding hydrogens is 324 g/mol. The summed E-state index contributed by atoms with van der Waals surface area (Å²) >= 11 is 3.31. The number of hydrogen-bond acceptors (Lipinski definition) is 3. The van der Waals surface area contributed by atoms with E-state index in [1.807, 2.05) is 12.1 Å². The molecule has 20 heavy (non-hydrogen) atoms. The normalized spacial score (nSPS) is 10.1. The molecule has 0 heterocycles. The number of amides is 2. The molecule has 0 atom stereocenters. The Labute approximate surface area is 124 Å². The molecule has 0 fully saturated rings. The van der Waals surface area contributed by atoms with Crippen LogP contribution in [0.1, 0.15) is 5.56 Å². The number of carbonyl (C=O) groups excluding carboxylic acids is 1. The largest absolute Gasteiger partial charge is 0.504 e. The molecule has 0 spiro atoms. The fourth-order valence-corrected chi connectivity index (χ4v) is 1.83. The molecule has 0 saturated heterocycles. The summed E-state index contributed by atoms with van der Waals surface area (Å²) in [5.41, 5.74) is 1.37. The number of urea groups is 1. The molecule has 4 N–H and O–H groups in total. The van der Waals surface area contributed by atoms with Gasteiger partial charge in [0.1, 0.15) is 0 Å². The molecule has 2 aromatic carbocycles. The second kappa shape index (κ2) is 6.29. The summed E-state index contributed by atoms with van der Waals surface area (Å²) in [7, 11) is 0. The van der Waals surface area contributed by atoms with Crippen molar-refractivity contribution in [2.24, 2.45) is 0 Å². The monoisotopic (exact) mass is 336 g/mol. The Hall–Kier alpha value is -2.21. The summed E-state index contributed by atoms with van der Waals surface area (Å²) in [4.78, 5) is 11.7. The molecule has 0 aliphatic heterocycles. The molecule has 2 aromatic rings. The van der Waals surface area contributed by atoms with Gasteiger partial charge in [0, 0.05) is 16.7 Å². The van der Waals surface area contributed by atoms with E-state index in [1.54, 1.807) is 18.2 Å². The van der Waals surface area contributed by atoms with E-state index in [0.29, 0.717) is 11.3 Å². The van der Waals surface area contributed by atoms with Gasteiger partial charge in [-0.25, -0.2) is 4.79 Å². The number of anilines is 1. The predicted molar refractivity (Wildman–Crippen MR) is 79.8 cm³/mol. The van der Waals surface area contributed by atoms with Crippen molar-refractivity contribution in [2.75, 3.05) is 5.32 Å². The Morgan fingerprint density at radius 1 is 1.05 bits per heavy atom. The Balaban J connectivity index is 1.88. The predicted octanol–water partition coefficient (Wildman–Crippen LogP) is 3.18. The van der Waals surface area contributed by atoms with Crippen LogP contribution in [0.25, 0.3) is 0 Å². The summed E-state index contributed by atoms with van der Waals surface area (Å²) in [5, 5.41) is 23.9. The number of aromatic hydroxyl groups is 2. The average molecular weight is 337 g/mol. The van der Waals surface area contributed by atoms with Crippen LogP contribution in [0.2, 0.25) is 0 Å². The lowest BCUT2D eigenvalue weighted by molar-refractivity contribution is 0.251. The number of benzene rings is 2. The van der Waals surface area contributed by atoms with Gasteiger partial charge in [0.15, 0.2) is 11.5 Å². The van der Waals surface area contributed by atoms with E-state index in [9.17, 15) is 15.0 Å². The number of nitrogens with one attached hydrogen (secondary N) is 2. The molecule has 0 saturated carbocycles. The van der Waals surface area contributed by atoms with Crippen LogP contribution in [-0.4, -0.2) is 16.2 Å². The molecule has 2 rings (SSSR count). The average Bonchev–Trinajstić information content (AvgIpc) is 2.43. The van der Waals surface area contributed by atoms with Gasteiger partial charge < -0.3 is 20.8 Å². The van der Waals surface area contributed by atoms with Crippen molar-refractivity contribution in [3.8, 4) is 11.5 Å². The molecule has 0 bridgehead atoms. The van der Waals surface area contributed by atoms with Gasteiger partial charge >= 0.3 is 6.03 Å². The fraction of sp³-hybridized carbons (Fsp3) is 0.0714. The number of carbonyl (C=O) groups is 1. The van der Waals surface area contributed by atoms with Crippen LogP contribution in [0.5, 0.6) is 11.5 Å². The van der Waals surface area contributed by atoms with Gasteiger partial charge in [-0.15, -0.1) is 0 Å². The third-order valence-corrected chi connectivity index (χ3v) is 3.12. The smallest absolute Gasteiger partial charge is 0.319 e. The van der Waals surface area contributed by atoms with Gasteiger partial charge in [-0.05, 0) is 42.0 Å². The van der Waals surface area contributed by atoms with Crippen molar-refractivity contribution >= 4 is 27.6 Å². The van der Waals surface area contributed by atoms with Crippen LogP contribution >= 0.6 is 15.9 Å². The van der Waals surface area contributed by atoms with Crippen LogP contribution < -0.4 is 10.6 Å². The van der Waals surface area contributed by atoms with Crippen LogP contribution in [0.3, 0.4) is 0 Å². The van der Waals surface area contributed by atoms with Crippen molar-refractivity contribution in [1.29, 1.82) is 0 Å². The van der Waals surface area contributed by atoms with E-state index in [2.05, 4.69) is 26.6 Å². The van der Waals surface area contributed by atoms with Crippen LogP contribution in [0, 0.1) is 0 Å². The van der Waals surface area contributed by atoms with Crippen LogP contribution in [0.4, 0.5) is 10.5 Å². The van der Waals surface area contributed by atoms with E-state index < -0.39 is 0 Å². The Morgan fingerprint density at radius 2 is 1.75 bits per heavy atom. The quantitative estimate of drug-likeness (QED) is 0.650. The molecule has 0 radical (unpaired) electrons. The summed E-state index contributed by atoms with van der Waals surface area (Å²) in [6.45, 7) is 0.246. The summed E-state index contributed by atoms with van der Waals surface area (Å²) < 4.78 is 0.933. The standard InChI is InChI=1S/C14H13BrN2O3/c15-10-2-4-11(5-3-10)17-14(20)16-8-9-1-6-12(18)13(19)7-9/h1-7,18-19H,8H2,(H2,16,17,20).